The quantitative estimate of drug-likeness (QED) is 0.450. The molecule has 2 nitrogen and oxygen atoms in total. The molecule has 2 aliphatic rings. The number of rotatable bonds is 8. The third-order valence-electron chi connectivity index (χ3n) is 5.58. The van der Waals surface area contributed by atoms with Crippen LogP contribution in [0.4, 0.5) is 0 Å². The molecule has 0 heterocycles. The van der Waals surface area contributed by atoms with Gasteiger partial charge in [0.15, 0.2) is 11.6 Å². The Morgan fingerprint density at radius 3 is 2.68 bits per heavy atom. The van der Waals surface area contributed by atoms with Crippen LogP contribution >= 0.6 is 0 Å². The van der Waals surface area contributed by atoms with E-state index in [-0.39, 0.29) is 44.4 Å². The predicted molar refractivity (Wildman–Crippen MR) is 97.0 cm³/mol. The van der Waals surface area contributed by atoms with Crippen molar-refractivity contribution in [2.24, 2.45) is 11.8 Å². The van der Waals surface area contributed by atoms with Crippen LogP contribution in [0.2, 0.25) is 0 Å². The monoisotopic (exact) mass is 412 g/mol. The smallest absolute Gasteiger partial charge is 0.163 e. The van der Waals surface area contributed by atoms with Gasteiger partial charge < -0.3 is 6.92 Å². The Morgan fingerprint density at radius 2 is 1.88 bits per heavy atom. The van der Waals surface area contributed by atoms with E-state index < -0.39 is 0 Å². The number of ketones is 2. The van der Waals surface area contributed by atoms with Crippen molar-refractivity contribution < 1.29 is 42.3 Å². The molecule has 1 aromatic carbocycles. The van der Waals surface area contributed by atoms with Gasteiger partial charge in [0, 0.05) is 50.6 Å². The zero-order valence-corrected chi connectivity index (χ0v) is 17.8. The third-order valence-corrected chi connectivity index (χ3v) is 5.58. The van der Waals surface area contributed by atoms with Crippen LogP contribution in [0.1, 0.15) is 66.4 Å². The van der Waals surface area contributed by atoms with E-state index in [1.54, 1.807) is 6.08 Å². The normalized spacial score (nSPS) is 21.5. The average molecular weight is 412 g/mol. The molecule has 131 valence electrons. The van der Waals surface area contributed by atoms with Crippen molar-refractivity contribution in [2.45, 2.75) is 57.8 Å². The molecular formula is C22H27O2Y-. The van der Waals surface area contributed by atoms with E-state index in [2.05, 4.69) is 19.1 Å². The number of fused-ring (bicyclic) bond motifs is 1. The van der Waals surface area contributed by atoms with Crippen LogP contribution < -0.4 is 0 Å². The van der Waals surface area contributed by atoms with Crippen LogP contribution in [0.3, 0.4) is 0 Å². The van der Waals surface area contributed by atoms with Gasteiger partial charge in [0.1, 0.15) is 0 Å². The van der Waals surface area contributed by atoms with Gasteiger partial charge in [-0.2, -0.15) is 6.42 Å². The fourth-order valence-electron chi connectivity index (χ4n) is 4.18. The Hall–Kier alpha value is -0.596. The fourth-order valence-corrected chi connectivity index (χ4v) is 4.18. The van der Waals surface area contributed by atoms with Gasteiger partial charge in [-0.05, 0) is 48.8 Å². The van der Waals surface area contributed by atoms with Gasteiger partial charge in [0.2, 0.25) is 0 Å². The van der Waals surface area contributed by atoms with Gasteiger partial charge in [-0.3, -0.25) is 9.59 Å². The summed E-state index contributed by atoms with van der Waals surface area (Å²) in [6, 6.07) is 6.07. The Morgan fingerprint density at radius 1 is 1.04 bits per heavy atom. The van der Waals surface area contributed by atoms with Crippen LogP contribution in [0.5, 0.6) is 0 Å². The molecule has 0 aromatic heterocycles. The minimum atomic E-state index is 0. The fraction of sp³-hybridized carbons (Fsp3) is 0.500. The van der Waals surface area contributed by atoms with E-state index in [1.165, 1.54) is 30.4 Å². The van der Waals surface area contributed by atoms with Crippen LogP contribution in [-0.4, -0.2) is 11.6 Å². The molecule has 0 saturated heterocycles. The van der Waals surface area contributed by atoms with Crippen molar-refractivity contribution in [3.8, 4) is 0 Å². The topological polar surface area (TPSA) is 34.1 Å². The van der Waals surface area contributed by atoms with Crippen molar-refractivity contribution >= 4 is 11.6 Å². The first-order valence-electron chi connectivity index (χ1n) is 9.36. The molecule has 2 aliphatic carbocycles. The second-order valence-corrected chi connectivity index (χ2v) is 7.14. The van der Waals surface area contributed by atoms with Crippen molar-refractivity contribution in [1.82, 2.24) is 0 Å². The van der Waals surface area contributed by atoms with E-state index in [9.17, 15) is 9.59 Å². The maximum atomic E-state index is 12.2. The minimum absolute atomic E-state index is 0. The van der Waals surface area contributed by atoms with Crippen molar-refractivity contribution in [1.29, 1.82) is 0 Å². The Bertz CT molecular complexity index is 647. The number of carbonyl (C=O) groups is 2. The van der Waals surface area contributed by atoms with Gasteiger partial charge in [0.05, 0.1) is 0 Å². The van der Waals surface area contributed by atoms with Crippen molar-refractivity contribution in [2.75, 3.05) is 0 Å². The number of hydrogen-bond acceptors (Lipinski definition) is 2. The van der Waals surface area contributed by atoms with E-state index >= 15 is 0 Å². The van der Waals surface area contributed by atoms with Crippen LogP contribution in [-0.2, 0) is 50.3 Å². The summed E-state index contributed by atoms with van der Waals surface area (Å²) in [5, 5.41) is 0. The molecule has 1 aromatic rings. The molecule has 0 spiro atoms. The van der Waals surface area contributed by atoms with Gasteiger partial charge in [-0.15, -0.1) is 0 Å². The molecule has 2 atom stereocenters. The van der Waals surface area contributed by atoms with Crippen molar-refractivity contribution in [3.63, 3.8) is 0 Å². The molecule has 3 heteroatoms. The third kappa shape index (κ3) is 4.98. The summed E-state index contributed by atoms with van der Waals surface area (Å²) in [6.07, 6.45) is 12.9. The number of allylic oxidation sites excluding steroid dienone is 2. The molecule has 0 N–H and O–H groups in total. The zero-order valence-electron chi connectivity index (χ0n) is 15.0. The molecule has 0 amide bonds. The Kier molecular flexibility index (Phi) is 8.22. The van der Waals surface area contributed by atoms with Crippen LogP contribution in [0.15, 0.2) is 30.4 Å². The molecule has 0 saturated carbocycles. The first-order chi connectivity index (χ1) is 11.7. The number of aryl methyl sites for hydroxylation is 1. The van der Waals surface area contributed by atoms with Gasteiger partial charge in [-0.1, -0.05) is 43.5 Å². The SMILES string of the molecule is [CH2-]CCCCC[C@H]1C=CC(=O)[C@@H]1CCc1cccc2c1CCC2=O.[Y]. The largest absolute Gasteiger partial charge is 0.343 e. The zero-order chi connectivity index (χ0) is 16.9. The van der Waals surface area contributed by atoms with E-state index in [1.807, 2.05) is 12.1 Å². The summed E-state index contributed by atoms with van der Waals surface area (Å²) in [7, 11) is 0. The molecule has 0 fully saturated rings. The maximum absolute atomic E-state index is 12.2. The van der Waals surface area contributed by atoms with Crippen molar-refractivity contribution in [3.05, 3.63) is 54.0 Å². The molecule has 3 rings (SSSR count). The summed E-state index contributed by atoms with van der Waals surface area (Å²) < 4.78 is 0. The van der Waals surface area contributed by atoms with Crippen LogP contribution in [0, 0.1) is 18.8 Å². The number of Topliss-reactive ketones (excluding diaryl/α,β-unsaturated/α-hetero) is 1. The first-order valence-corrected chi connectivity index (χ1v) is 9.36. The summed E-state index contributed by atoms with van der Waals surface area (Å²) >= 11 is 0. The van der Waals surface area contributed by atoms with Crippen LogP contribution in [0.25, 0.3) is 0 Å². The molecule has 0 aliphatic heterocycles. The molecular weight excluding hydrogens is 385 g/mol. The van der Waals surface area contributed by atoms with Gasteiger partial charge in [-0.25, -0.2) is 0 Å². The van der Waals surface area contributed by atoms with Gasteiger partial charge >= 0.3 is 0 Å². The standard InChI is InChI=1S/C22H27O2.Y/c1-2-3-4-5-7-17-11-14-21(23)19(17)12-10-16-8-6-9-20-18(16)13-15-22(20)24;/h6,8-9,11,14,17,19H,1-5,7,10,12-13,15H2;/q-1;/t17-,19+;/m0./s1. The minimum Gasteiger partial charge on any atom is -0.343 e. The summed E-state index contributed by atoms with van der Waals surface area (Å²) in [5.41, 5.74) is 3.41. The Balaban J connectivity index is 0.00000225. The number of unbranched alkanes of at least 4 members (excludes halogenated alkanes) is 3. The molecule has 0 bridgehead atoms. The molecule has 25 heavy (non-hydrogen) atoms. The second kappa shape index (κ2) is 9.92. The number of benzene rings is 1. The molecule has 1 radical (unpaired) electrons. The summed E-state index contributed by atoms with van der Waals surface area (Å²) in [5.74, 6) is 1.10. The first kappa shape index (κ1) is 20.7. The number of hydrogen-bond donors (Lipinski definition) is 0. The van der Waals surface area contributed by atoms with E-state index in [0.29, 0.717) is 18.1 Å². The van der Waals surface area contributed by atoms with Gasteiger partial charge in [0.25, 0.3) is 0 Å². The maximum Gasteiger partial charge on any atom is 0.163 e. The Labute approximate surface area is 176 Å². The second-order valence-electron chi connectivity index (χ2n) is 7.14. The summed E-state index contributed by atoms with van der Waals surface area (Å²) in [6.45, 7) is 3.89. The predicted octanol–water partition coefficient (Wildman–Crippen LogP) is 4.90. The molecule has 0 unspecified atom stereocenters. The van der Waals surface area contributed by atoms with E-state index in [0.717, 1.165) is 37.7 Å². The average Bonchev–Trinajstić information content (AvgIpc) is 3.14. The number of carbonyl (C=O) groups excluding carboxylic acids is 2. The summed E-state index contributed by atoms with van der Waals surface area (Å²) in [4.78, 5) is 24.1. The van der Waals surface area contributed by atoms with E-state index in [4.69, 9.17) is 0 Å².